The fraction of sp³-hybridized carbons (Fsp3) is 0.409. The number of ketones is 1. The molecule has 3 rings (SSSR count). The zero-order valence-electron chi connectivity index (χ0n) is 15.3. The number of aliphatic hydroxyl groups excluding tert-OH is 1. The monoisotopic (exact) mass is 353 g/mol. The molecular formula is C22H27NO3. The van der Waals surface area contributed by atoms with E-state index >= 15 is 0 Å². The fourth-order valence-corrected chi connectivity index (χ4v) is 3.25. The minimum atomic E-state index is -0.506. The van der Waals surface area contributed by atoms with E-state index in [1.54, 1.807) is 24.3 Å². The molecule has 26 heavy (non-hydrogen) atoms. The number of likely N-dealkylation sites (tertiary alicyclic amines) is 1. The topological polar surface area (TPSA) is 49.8 Å². The van der Waals surface area contributed by atoms with Crippen molar-refractivity contribution in [2.75, 3.05) is 26.2 Å². The lowest BCUT2D eigenvalue weighted by Gasteiger charge is -2.31. The van der Waals surface area contributed by atoms with Crippen molar-refractivity contribution >= 4 is 5.78 Å². The van der Waals surface area contributed by atoms with Crippen LogP contribution in [0, 0.1) is 5.92 Å². The third-order valence-corrected chi connectivity index (χ3v) is 4.94. The maximum absolute atomic E-state index is 12.4. The molecule has 0 amide bonds. The second kappa shape index (κ2) is 8.97. The Kier molecular flexibility index (Phi) is 6.42. The predicted molar refractivity (Wildman–Crippen MR) is 103 cm³/mol. The largest absolute Gasteiger partial charge is 0.491 e. The third kappa shape index (κ3) is 5.16. The van der Waals surface area contributed by atoms with Crippen molar-refractivity contribution in [3.8, 4) is 5.75 Å². The number of benzene rings is 2. The van der Waals surface area contributed by atoms with Gasteiger partial charge in [-0.15, -0.1) is 0 Å². The lowest BCUT2D eigenvalue weighted by molar-refractivity contribution is 0.0563. The van der Waals surface area contributed by atoms with Crippen molar-refractivity contribution in [1.82, 2.24) is 4.90 Å². The van der Waals surface area contributed by atoms with Crippen molar-refractivity contribution in [1.29, 1.82) is 0 Å². The molecule has 0 bridgehead atoms. The van der Waals surface area contributed by atoms with Crippen LogP contribution in [0.25, 0.3) is 0 Å². The van der Waals surface area contributed by atoms with Crippen LogP contribution in [0.1, 0.15) is 35.7 Å². The lowest BCUT2D eigenvalue weighted by Crippen LogP contribution is -2.40. The lowest BCUT2D eigenvalue weighted by atomic mass is 9.99. The van der Waals surface area contributed by atoms with E-state index < -0.39 is 6.10 Å². The highest BCUT2D eigenvalue weighted by Gasteiger charge is 2.18. The summed E-state index contributed by atoms with van der Waals surface area (Å²) in [6.07, 6.45) is 1.89. The van der Waals surface area contributed by atoms with Crippen LogP contribution in [0.2, 0.25) is 0 Å². The first kappa shape index (κ1) is 18.6. The molecule has 1 aliphatic rings. The molecule has 0 aromatic heterocycles. The van der Waals surface area contributed by atoms with Crippen LogP contribution in [-0.4, -0.2) is 48.1 Å². The number of nitrogens with zero attached hydrogens (tertiary/aromatic N) is 1. The molecule has 1 aliphatic heterocycles. The summed E-state index contributed by atoms with van der Waals surface area (Å²) in [6.45, 7) is 5.29. The Morgan fingerprint density at radius 3 is 2.35 bits per heavy atom. The normalized spacial score (nSPS) is 17.0. The molecule has 4 heteroatoms. The average Bonchev–Trinajstić information content (AvgIpc) is 2.69. The van der Waals surface area contributed by atoms with E-state index in [0.717, 1.165) is 19.0 Å². The van der Waals surface area contributed by atoms with Gasteiger partial charge in [0, 0.05) is 17.7 Å². The first-order valence-corrected chi connectivity index (χ1v) is 9.35. The van der Waals surface area contributed by atoms with E-state index in [4.69, 9.17) is 4.74 Å². The van der Waals surface area contributed by atoms with Crippen LogP contribution in [0.3, 0.4) is 0 Å². The number of ether oxygens (including phenoxy) is 1. The van der Waals surface area contributed by atoms with Crippen molar-refractivity contribution in [3.63, 3.8) is 0 Å². The van der Waals surface area contributed by atoms with E-state index in [9.17, 15) is 9.90 Å². The average molecular weight is 353 g/mol. The Labute approximate surface area is 155 Å². The van der Waals surface area contributed by atoms with Crippen LogP contribution in [0.4, 0.5) is 0 Å². The molecule has 2 aromatic rings. The van der Waals surface area contributed by atoms with Crippen LogP contribution < -0.4 is 4.74 Å². The van der Waals surface area contributed by atoms with Gasteiger partial charge in [0.05, 0.1) is 0 Å². The van der Waals surface area contributed by atoms with Gasteiger partial charge < -0.3 is 14.7 Å². The molecule has 2 aromatic carbocycles. The summed E-state index contributed by atoms with van der Waals surface area (Å²) < 4.78 is 5.68. The molecular weight excluding hydrogens is 326 g/mol. The van der Waals surface area contributed by atoms with E-state index in [0.29, 0.717) is 23.4 Å². The fourth-order valence-electron chi connectivity index (χ4n) is 3.25. The Bertz CT molecular complexity index is 691. The van der Waals surface area contributed by atoms with Crippen LogP contribution in [0.15, 0.2) is 54.6 Å². The molecule has 4 nitrogen and oxygen atoms in total. The molecule has 1 saturated heterocycles. The van der Waals surface area contributed by atoms with Gasteiger partial charge in [-0.2, -0.15) is 0 Å². The summed E-state index contributed by atoms with van der Waals surface area (Å²) in [5, 5.41) is 10.2. The number of hydrogen-bond donors (Lipinski definition) is 1. The van der Waals surface area contributed by atoms with E-state index in [1.807, 2.05) is 30.3 Å². The summed E-state index contributed by atoms with van der Waals surface area (Å²) in [4.78, 5) is 14.7. The first-order chi connectivity index (χ1) is 12.6. The molecule has 0 aliphatic carbocycles. The molecule has 0 saturated carbocycles. The number of aliphatic hydroxyl groups is 1. The highest BCUT2D eigenvalue weighted by Crippen LogP contribution is 2.17. The number of β-amino-alcohol motifs (C(OH)–C–C–N with tert-alkyl or cyclic N) is 1. The second-order valence-corrected chi connectivity index (χ2v) is 7.17. The Morgan fingerprint density at radius 1 is 1.08 bits per heavy atom. The maximum atomic E-state index is 12.4. The molecule has 0 spiro atoms. The summed E-state index contributed by atoms with van der Waals surface area (Å²) >= 11 is 0. The van der Waals surface area contributed by atoms with Gasteiger partial charge in [0.25, 0.3) is 0 Å². The number of hydrogen-bond acceptors (Lipinski definition) is 4. The third-order valence-electron chi connectivity index (χ3n) is 4.94. The summed E-state index contributed by atoms with van der Waals surface area (Å²) in [7, 11) is 0. The molecule has 0 radical (unpaired) electrons. The molecule has 1 fully saturated rings. The zero-order valence-corrected chi connectivity index (χ0v) is 15.3. The van der Waals surface area contributed by atoms with Gasteiger partial charge in [-0.25, -0.2) is 0 Å². The quantitative estimate of drug-likeness (QED) is 0.775. The minimum Gasteiger partial charge on any atom is -0.491 e. The maximum Gasteiger partial charge on any atom is 0.193 e. The summed E-state index contributed by atoms with van der Waals surface area (Å²) in [6, 6.07) is 16.3. The van der Waals surface area contributed by atoms with Gasteiger partial charge in [0.1, 0.15) is 18.5 Å². The predicted octanol–water partition coefficient (Wildman–Crippen LogP) is 3.39. The number of carbonyl (C=O) groups excluding carboxylic acids is 1. The SMILES string of the molecule is CC1CCN(C[C@H](O)COc2ccc(C(=O)c3ccccc3)cc2)CC1. The van der Waals surface area contributed by atoms with Crippen LogP contribution in [-0.2, 0) is 0 Å². The van der Waals surface area contributed by atoms with Crippen molar-refractivity contribution in [2.45, 2.75) is 25.9 Å². The van der Waals surface area contributed by atoms with Crippen LogP contribution >= 0.6 is 0 Å². The second-order valence-electron chi connectivity index (χ2n) is 7.17. The molecule has 1 N–H and O–H groups in total. The molecule has 1 atom stereocenters. The van der Waals surface area contributed by atoms with Gasteiger partial charge >= 0.3 is 0 Å². The van der Waals surface area contributed by atoms with E-state index in [2.05, 4.69) is 11.8 Å². The van der Waals surface area contributed by atoms with E-state index in [-0.39, 0.29) is 12.4 Å². The van der Waals surface area contributed by atoms with Gasteiger partial charge in [-0.1, -0.05) is 37.3 Å². The highest BCUT2D eigenvalue weighted by molar-refractivity contribution is 6.08. The van der Waals surface area contributed by atoms with Crippen molar-refractivity contribution in [2.24, 2.45) is 5.92 Å². The molecule has 138 valence electrons. The molecule has 0 unspecified atom stereocenters. The number of piperidine rings is 1. The standard InChI is InChI=1S/C22H27NO3/c1-17-11-13-23(14-12-17)15-20(24)16-26-21-9-7-19(8-10-21)22(25)18-5-3-2-4-6-18/h2-10,17,20,24H,11-16H2,1H3/t20-/m0/s1. The van der Waals surface area contributed by atoms with Crippen molar-refractivity contribution in [3.05, 3.63) is 65.7 Å². The first-order valence-electron chi connectivity index (χ1n) is 9.35. The number of rotatable bonds is 7. The smallest absolute Gasteiger partial charge is 0.193 e. The Morgan fingerprint density at radius 2 is 1.69 bits per heavy atom. The van der Waals surface area contributed by atoms with Gasteiger partial charge in [-0.3, -0.25) is 4.79 Å². The van der Waals surface area contributed by atoms with Gasteiger partial charge in [-0.05, 0) is 56.1 Å². The van der Waals surface area contributed by atoms with Crippen molar-refractivity contribution < 1.29 is 14.6 Å². The Hall–Kier alpha value is -2.17. The highest BCUT2D eigenvalue weighted by atomic mass is 16.5. The van der Waals surface area contributed by atoms with Crippen LogP contribution in [0.5, 0.6) is 5.75 Å². The van der Waals surface area contributed by atoms with E-state index in [1.165, 1.54) is 12.8 Å². The number of carbonyl (C=O) groups is 1. The Balaban J connectivity index is 1.47. The van der Waals surface area contributed by atoms with Gasteiger partial charge in [0.15, 0.2) is 5.78 Å². The summed E-state index contributed by atoms with van der Waals surface area (Å²) in [5.74, 6) is 1.45. The van der Waals surface area contributed by atoms with Gasteiger partial charge in [0.2, 0.25) is 0 Å². The molecule has 1 heterocycles. The minimum absolute atomic E-state index is 0.00323. The zero-order chi connectivity index (χ0) is 18.4. The summed E-state index contributed by atoms with van der Waals surface area (Å²) in [5.41, 5.74) is 1.30.